The van der Waals surface area contributed by atoms with Crippen LogP contribution in [-0.4, -0.2) is 25.4 Å². The van der Waals surface area contributed by atoms with E-state index >= 15 is 0 Å². The second-order valence-corrected chi connectivity index (χ2v) is 5.09. The van der Waals surface area contributed by atoms with E-state index in [9.17, 15) is 14.0 Å². The number of carbonyl (C=O) groups excluding carboxylic acids is 2. The van der Waals surface area contributed by atoms with E-state index in [4.69, 9.17) is 11.6 Å². The summed E-state index contributed by atoms with van der Waals surface area (Å²) in [4.78, 5) is 23.7. The maximum absolute atomic E-state index is 13.6. The van der Waals surface area contributed by atoms with Crippen molar-refractivity contribution in [2.45, 2.75) is 0 Å². The van der Waals surface area contributed by atoms with Gasteiger partial charge < -0.3 is 16.0 Å². The summed E-state index contributed by atoms with van der Waals surface area (Å²) in [6.45, 7) is -0.125. The largest absolute Gasteiger partial charge is 0.376 e. The van der Waals surface area contributed by atoms with Gasteiger partial charge in [-0.15, -0.1) is 0 Å². The lowest BCUT2D eigenvalue weighted by molar-refractivity contribution is -0.114. The zero-order valence-electron chi connectivity index (χ0n) is 12.3. The zero-order valence-corrected chi connectivity index (χ0v) is 13.1. The van der Waals surface area contributed by atoms with Gasteiger partial charge in [0.1, 0.15) is 5.82 Å². The summed E-state index contributed by atoms with van der Waals surface area (Å²) in [5.74, 6) is -1.30. The van der Waals surface area contributed by atoms with Gasteiger partial charge in [0, 0.05) is 17.8 Å². The summed E-state index contributed by atoms with van der Waals surface area (Å²) in [5, 5.41) is 8.11. The van der Waals surface area contributed by atoms with Crippen LogP contribution >= 0.6 is 11.6 Å². The number of para-hydroxylation sites is 1. The Kier molecular flexibility index (Phi) is 5.54. The lowest BCUT2D eigenvalue weighted by Crippen LogP contribution is -2.24. The molecule has 0 spiro atoms. The Bertz CT molecular complexity index is 737. The molecule has 2 rings (SSSR count). The Morgan fingerprint density at radius 3 is 2.61 bits per heavy atom. The number of halogens is 2. The fraction of sp³-hybridized carbons (Fsp3) is 0.125. The average molecular weight is 336 g/mol. The van der Waals surface area contributed by atoms with Gasteiger partial charge in [-0.3, -0.25) is 9.59 Å². The third kappa shape index (κ3) is 4.43. The van der Waals surface area contributed by atoms with Crippen LogP contribution in [0.25, 0.3) is 0 Å². The van der Waals surface area contributed by atoms with Crippen molar-refractivity contribution < 1.29 is 14.0 Å². The van der Waals surface area contributed by atoms with Gasteiger partial charge in [0.05, 0.1) is 17.8 Å². The van der Waals surface area contributed by atoms with Crippen LogP contribution in [0, 0.1) is 5.82 Å². The molecular formula is C16H15ClFN3O2. The van der Waals surface area contributed by atoms with Crippen molar-refractivity contribution in [3.8, 4) is 0 Å². The monoisotopic (exact) mass is 335 g/mol. The highest BCUT2D eigenvalue weighted by Crippen LogP contribution is 2.19. The number of hydrogen-bond donors (Lipinski definition) is 3. The minimum absolute atomic E-state index is 0.00360. The molecule has 2 amide bonds. The molecule has 0 bridgehead atoms. The third-order valence-corrected chi connectivity index (χ3v) is 3.28. The van der Waals surface area contributed by atoms with Crippen LogP contribution in [0.1, 0.15) is 10.4 Å². The first-order valence-corrected chi connectivity index (χ1v) is 7.19. The molecule has 5 nitrogen and oxygen atoms in total. The van der Waals surface area contributed by atoms with Gasteiger partial charge in [-0.2, -0.15) is 0 Å². The van der Waals surface area contributed by atoms with Gasteiger partial charge in [0.15, 0.2) is 0 Å². The molecule has 0 aliphatic heterocycles. The molecule has 0 radical (unpaired) electrons. The maximum Gasteiger partial charge on any atom is 0.253 e. The number of hydrogen-bond acceptors (Lipinski definition) is 3. The molecule has 0 atom stereocenters. The Morgan fingerprint density at radius 2 is 1.87 bits per heavy atom. The Hall–Kier alpha value is -2.60. The number of carbonyl (C=O) groups is 2. The van der Waals surface area contributed by atoms with Crippen molar-refractivity contribution in [1.29, 1.82) is 0 Å². The normalized spacial score (nSPS) is 10.0. The highest BCUT2D eigenvalue weighted by molar-refractivity contribution is 6.30. The predicted octanol–water partition coefficient (Wildman–Crippen LogP) is 2.89. The summed E-state index contributed by atoms with van der Waals surface area (Å²) in [6.07, 6.45) is 0. The Morgan fingerprint density at radius 1 is 1.13 bits per heavy atom. The van der Waals surface area contributed by atoms with Gasteiger partial charge in [-0.1, -0.05) is 23.7 Å². The minimum Gasteiger partial charge on any atom is -0.376 e. The zero-order chi connectivity index (χ0) is 16.8. The predicted molar refractivity (Wildman–Crippen MR) is 88.4 cm³/mol. The van der Waals surface area contributed by atoms with Gasteiger partial charge in [0.25, 0.3) is 5.91 Å². The van der Waals surface area contributed by atoms with Crippen LogP contribution in [0.15, 0.2) is 42.5 Å². The van der Waals surface area contributed by atoms with Crippen molar-refractivity contribution in [2.24, 2.45) is 0 Å². The first-order valence-electron chi connectivity index (χ1n) is 6.81. The number of nitrogens with one attached hydrogen (secondary N) is 3. The molecule has 7 heteroatoms. The number of rotatable bonds is 5. The minimum atomic E-state index is -0.575. The number of anilines is 2. The van der Waals surface area contributed by atoms with Gasteiger partial charge in [-0.05, 0) is 30.3 Å². The molecule has 120 valence electrons. The molecule has 0 saturated heterocycles. The quantitative estimate of drug-likeness (QED) is 0.787. The van der Waals surface area contributed by atoms with E-state index in [0.717, 1.165) is 0 Å². The highest BCUT2D eigenvalue weighted by Gasteiger charge is 2.11. The third-order valence-electron chi connectivity index (χ3n) is 3.04. The van der Waals surface area contributed by atoms with E-state index in [1.807, 2.05) is 0 Å². The molecule has 0 saturated carbocycles. The highest BCUT2D eigenvalue weighted by atomic mass is 35.5. The second-order valence-electron chi connectivity index (χ2n) is 4.65. The lowest BCUT2D eigenvalue weighted by atomic mass is 10.1. The van der Waals surface area contributed by atoms with E-state index in [2.05, 4.69) is 16.0 Å². The topological polar surface area (TPSA) is 70.2 Å². The summed E-state index contributed by atoms with van der Waals surface area (Å²) < 4.78 is 13.6. The molecule has 23 heavy (non-hydrogen) atoms. The Labute approximate surface area is 137 Å². The average Bonchev–Trinajstić information content (AvgIpc) is 2.56. The molecular weight excluding hydrogens is 321 g/mol. The summed E-state index contributed by atoms with van der Waals surface area (Å²) in [5.41, 5.74) is 0.925. The van der Waals surface area contributed by atoms with Crippen molar-refractivity contribution in [3.63, 3.8) is 0 Å². The van der Waals surface area contributed by atoms with Crippen LogP contribution in [0.2, 0.25) is 5.02 Å². The fourth-order valence-electron chi connectivity index (χ4n) is 1.93. The summed E-state index contributed by atoms with van der Waals surface area (Å²) in [6, 6.07) is 10.7. The van der Waals surface area contributed by atoms with Gasteiger partial charge >= 0.3 is 0 Å². The maximum atomic E-state index is 13.6. The van der Waals surface area contributed by atoms with Crippen molar-refractivity contribution >= 4 is 34.8 Å². The smallest absolute Gasteiger partial charge is 0.253 e. The fourth-order valence-corrected chi connectivity index (χ4v) is 2.11. The molecule has 0 heterocycles. The Balaban J connectivity index is 2.02. The van der Waals surface area contributed by atoms with Crippen molar-refractivity contribution in [2.75, 3.05) is 24.2 Å². The van der Waals surface area contributed by atoms with Crippen LogP contribution in [0.3, 0.4) is 0 Å². The summed E-state index contributed by atoms with van der Waals surface area (Å²) >= 11 is 5.77. The van der Waals surface area contributed by atoms with Crippen molar-refractivity contribution in [1.82, 2.24) is 5.32 Å². The number of amides is 2. The molecule has 2 aromatic rings. The molecule has 0 fully saturated rings. The van der Waals surface area contributed by atoms with Gasteiger partial charge in [0.2, 0.25) is 5.91 Å². The van der Waals surface area contributed by atoms with E-state index in [1.165, 1.54) is 25.2 Å². The summed E-state index contributed by atoms with van der Waals surface area (Å²) in [7, 11) is 1.52. The molecule has 3 N–H and O–H groups in total. The molecule has 2 aromatic carbocycles. The molecule has 0 unspecified atom stereocenters. The van der Waals surface area contributed by atoms with Crippen LogP contribution in [0.5, 0.6) is 0 Å². The number of benzene rings is 2. The van der Waals surface area contributed by atoms with Crippen LogP contribution in [-0.2, 0) is 4.79 Å². The SMILES string of the molecule is CNC(=O)c1ccccc1NCC(=O)Nc1cc(Cl)ccc1F. The first-order chi connectivity index (χ1) is 11.0. The molecule has 0 aliphatic rings. The van der Waals surface area contributed by atoms with E-state index in [1.54, 1.807) is 24.3 Å². The van der Waals surface area contributed by atoms with Crippen molar-refractivity contribution in [3.05, 3.63) is 58.9 Å². The lowest BCUT2D eigenvalue weighted by Gasteiger charge is -2.11. The second kappa shape index (κ2) is 7.60. The van der Waals surface area contributed by atoms with E-state index < -0.39 is 11.7 Å². The van der Waals surface area contributed by atoms with E-state index in [-0.39, 0.29) is 18.1 Å². The van der Waals surface area contributed by atoms with Gasteiger partial charge in [-0.25, -0.2) is 4.39 Å². The standard InChI is InChI=1S/C16H15ClFN3O2/c1-19-16(23)11-4-2-3-5-13(11)20-9-15(22)21-14-8-10(17)6-7-12(14)18/h2-8,20H,9H2,1H3,(H,19,23)(H,21,22). The van der Waals surface area contributed by atoms with Crippen LogP contribution < -0.4 is 16.0 Å². The molecule has 0 aromatic heterocycles. The van der Waals surface area contributed by atoms with E-state index in [0.29, 0.717) is 16.3 Å². The first kappa shape index (κ1) is 16.8. The molecule has 0 aliphatic carbocycles. The van der Waals surface area contributed by atoms with Crippen LogP contribution in [0.4, 0.5) is 15.8 Å².